The molecule has 9 heteroatoms. The number of anilines is 1. The van der Waals surface area contributed by atoms with Gasteiger partial charge in [0.1, 0.15) is 28.8 Å². The summed E-state index contributed by atoms with van der Waals surface area (Å²) in [6.45, 7) is 1.18. The van der Waals surface area contributed by atoms with Crippen LogP contribution in [0.4, 0.5) is 13.8 Å². The molecule has 0 aliphatic rings. The number of hydrogen-bond donors (Lipinski definition) is 2. The van der Waals surface area contributed by atoms with Crippen molar-refractivity contribution in [3.8, 4) is 5.88 Å². The minimum Gasteiger partial charge on any atom is -0.471 e. The number of alkyl halides is 1. The Hall–Kier alpha value is -1.48. The number of carbonyl (C=O) groups excluding carboxylic acids is 1. The maximum absolute atomic E-state index is 13.9. The van der Waals surface area contributed by atoms with Gasteiger partial charge in [-0.25, -0.2) is 8.78 Å². The molecule has 0 saturated heterocycles. The van der Waals surface area contributed by atoms with E-state index in [0.717, 1.165) is 11.5 Å². The van der Waals surface area contributed by atoms with Gasteiger partial charge in [0, 0.05) is 12.4 Å². The SMILES string of the molecule is CC/C(F)=C(COc1nsc(NC)c1C(N)=O)\C(F)=C/CBr. The van der Waals surface area contributed by atoms with Crippen molar-refractivity contribution >= 4 is 38.4 Å². The van der Waals surface area contributed by atoms with Gasteiger partial charge in [0.2, 0.25) is 5.88 Å². The van der Waals surface area contributed by atoms with E-state index in [2.05, 4.69) is 25.6 Å². The Kier molecular flexibility index (Phi) is 7.46. The van der Waals surface area contributed by atoms with E-state index in [1.165, 1.54) is 6.08 Å². The van der Waals surface area contributed by atoms with Gasteiger partial charge in [-0.3, -0.25) is 4.79 Å². The third kappa shape index (κ3) is 4.51. The van der Waals surface area contributed by atoms with Crippen LogP contribution >= 0.6 is 27.5 Å². The minimum atomic E-state index is -0.730. The molecule has 0 saturated carbocycles. The number of ether oxygens (including phenoxy) is 1. The second-order valence-corrected chi connectivity index (χ2v) is 5.46. The fraction of sp³-hybridized carbons (Fsp3) is 0.385. The third-order valence-corrected chi connectivity index (χ3v) is 3.84. The number of nitrogens with two attached hydrogens (primary N) is 1. The standard InChI is InChI=1S/C13H16BrF2N3O2S/c1-3-8(15)7(9(16)4-5-14)6-21-12-10(11(17)20)13(18-2)22-19-12/h4,18H,3,5-6H2,1-2H3,(H2,17,20)/b8-7+,9-4+. The Balaban J connectivity index is 3.03. The van der Waals surface area contributed by atoms with Gasteiger partial charge in [0.25, 0.3) is 5.91 Å². The molecule has 1 rings (SSSR count). The second-order valence-electron chi connectivity index (χ2n) is 4.04. The number of nitrogens with zero attached hydrogens (tertiary/aromatic N) is 1. The fourth-order valence-electron chi connectivity index (χ4n) is 1.58. The molecular formula is C13H16BrF2N3O2S. The highest BCUT2D eigenvalue weighted by atomic mass is 79.9. The smallest absolute Gasteiger partial charge is 0.257 e. The van der Waals surface area contributed by atoms with Crippen LogP contribution in [0, 0.1) is 0 Å². The molecule has 0 aliphatic heterocycles. The normalized spacial score (nSPS) is 12.9. The second kappa shape index (κ2) is 8.84. The Morgan fingerprint density at radius 3 is 2.73 bits per heavy atom. The van der Waals surface area contributed by atoms with E-state index in [1.807, 2.05) is 0 Å². The topological polar surface area (TPSA) is 77.2 Å². The van der Waals surface area contributed by atoms with Gasteiger partial charge in [-0.2, -0.15) is 4.37 Å². The Bertz CT molecular complexity index is 602. The summed E-state index contributed by atoms with van der Waals surface area (Å²) >= 11 is 4.02. The third-order valence-electron chi connectivity index (χ3n) is 2.67. The van der Waals surface area contributed by atoms with Crippen LogP contribution in [0.15, 0.2) is 23.3 Å². The van der Waals surface area contributed by atoms with Crippen LogP contribution < -0.4 is 15.8 Å². The monoisotopic (exact) mass is 395 g/mol. The van der Waals surface area contributed by atoms with Gasteiger partial charge in [0.05, 0.1) is 5.57 Å². The summed E-state index contributed by atoms with van der Waals surface area (Å²) < 4.78 is 36.9. The number of rotatable bonds is 8. The summed E-state index contributed by atoms with van der Waals surface area (Å²) in [7, 11) is 1.60. The molecule has 0 fully saturated rings. The maximum Gasteiger partial charge on any atom is 0.257 e. The highest BCUT2D eigenvalue weighted by molar-refractivity contribution is 9.09. The fourth-order valence-corrected chi connectivity index (χ4v) is 2.56. The highest BCUT2D eigenvalue weighted by Gasteiger charge is 2.21. The van der Waals surface area contributed by atoms with E-state index in [-0.39, 0.29) is 35.4 Å². The largest absolute Gasteiger partial charge is 0.471 e. The quantitative estimate of drug-likeness (QED) is 0.521. The van der Waals surface area contributed by atoms with Crippen molar-refractivity contribution in [3.05, 3.63) is 28.9 Å². The van der Waals surface area contributed by atoms with Gasteiger partial charge in [-0.15, -0.1) is 0 Å². The Morgan fingerprint density at radius 1 is 1.55 bits per heavy atom. The first kappa shape index (κ1) is 18.6. The lowest BCUT2D eigenvalue weighted by atomic mass is 10.2. The van der Waals surface area contributed by atoms with E-state index in [1.54, 1.807) is 14.0 Å². The van der Waals surface area contributed by atoms with Crippen LogP contribution in [0.25, 0.3) is 0 Å². The number of carbonyl (C=O) groups is 1. The molecule has 1 amide bonds. The summed E-state index contributed by atoms with van der Waals surface area (Å²) in [6.07, 6.45) is 1.22. The number of aromatic nitrogens is 1. The van der Waals surface area contributed by atoms with Crippen molar-refractivity contribution < 1.29 is 18.3 Å². The molecule has 122 valence electrons. The van der Waals surface area contributed by atoms with Crippen molar-refractivity contribution in [2.45, 2.75) is 13.3 Å². The van der Waals surface area contributed by atoms with E-state index < -0.39 is 17.6 Å². The summed E-state index contributed by atoms with van der Waals surface area (Å²) in [6, 6.07) is 0. The molecule has 0 bridgehead atoms. The molecule has 0 aromatic carbocycles. The van der Waals surface area contributed by atoms with Crippen molar-refractivity contribution in [1.82, 2.24) is 4.37 Å². The van der Waals surface area contributed by atoms with E-state index in [0.29, 0.717) is 5.00 Å². The Morgan fingerprint density at radius 2 is 2.23 bits per heavy atom. The number of primary amides is 1. The molecule has 1 aromatic rings. The molecule has 3 N–H and O–H groups in total. The molecule has 5 nitrogen and oxygen atoms in total. The average Bonchev–Trinajstić information content (AvgIpc) is 2.90. The van der Waals surface area contributed by atoms with E-state index in [9.17, 15) is 13.6 Å². The summed E-state index contributed by atoms with van der Waals surface area (Å²) in [4.78, 5) is 11.4. The molecule has 1 heterocycles. The maximum atomic E-state index is 13.9. The van der Waals surface area contributed by atoms with Gasteiger partial charge in [0.15, 0.2) is 0 Å². The van der Waals surface area contributed by atoms with Crippen molar-refractivity contribution in [2.75, 3.05) is 24.3 Å². The lowest BCUT2D eigenvalue weighted by Gasteiger charge is -2.09. The predicted octanol–water partition coefficient (Wildman–Crippen LogP) is 3.54. The number of nitrogens with one attached hydrogen (secondary N) is 1. The van der Waals surface area contributed by atoms with Crippen LogP contribution in [0.2, 0.25) is 0 Å². The van der Waals surface area contributed by atoms with Crippen LogP contribution in [0.5, 0.6) is 5.88 Å². The first-order valence-electron chi connectivity index (χ1n) is 6.35. The Labute approximate surface area is 139 Å². The van der Waals surface area contributed by atoms with Crippen LogP contribution in [0.3, 0.4) is 0 Å². The minimum absolute atomic E-state index is 0.0315. The molecular weight excluding hydrogens is 380 g/mol. The van der Waals surface area contributed by atoms with Crippen molar-refractivity contribution in [1.29, 1.82) is 0 Å². The van der Waals surface area contributed by atoms with E-state index >= 15 is 0 Å². The van der Waals surface area contributed by atoms with Crippen LogP contribution in [-0.2, 0) is 0 Å². The molecule has 0 spiro atoms. The van der Waals surface area contributed by atoms with Crippen LogP contribution in [-0.4, -0.2) is 29.3 Å². The molecule has 0 atom stereocenters. The highest BCUT2D eigenvalue weighted by Crippen LogP contribution is 2.31. The van der Waals surface area contributed by atoms with Gasteiger partial charge >= 0.3 is 0 Å². The van der Waals surface area contributed by atoms with Crippen molar-refractivity contribution in [3.63, 3.8) is 0 Å². The number of allylic oxidation sites excluding steroid dienone is 2. The number of hydrogen-bond acceptors (Lipinski definition) is 5. The zero-order valence-electron chi connectivity index (χ0n) is 12.1. The number of amides is 1. The average molecular weight is 396 g/mol. The molecule has 22 heavy (non-hydrogen) atoms. The zero-order valence-corrected chi connectivity index (χ0v) is 14.5. The summed E-state index contributed by atoms with van der Waals surface area (Å²) in [5.41, 5.74) is 5.12. The first-order chi connectivity index (χ1) is 10.5. The summed E-state index contributed by atoms with van der Waals surface area (Å²) in [5, 5.41) is 3.43. The molecule has 0 unspecified atom stereocenters. The molecule has 0 aliphatic carbocycles. The first-order valence-corrected chi connectivity index (χ1v) is 8.25. The molecule has 1 aromatic heterocycles. The lowest BCUT2D eigenvalue weighted by Crippen LogP contribution is -2.14. The van der Waals surface area contributed by atoms with Gasteiger partial charge in [-0.1, -0.05) is 22.9 Å². The van der Waals surface area contributed by atoms with Gasteiger partial charge < -0.3 is 15.8 Å². The zero-order chi connectivity index (χ0) is 16.7. The van der Waals surface area contributed by atoms with Gasteiger partial charge in [-0.05, 0) is 24.0 Å². The summed E-state index contributed by atoms with van der Waals surface area (Å²) in [5.74, 6) is -2.12. The van der Waals surface area contributed by atoms with Crippen molar-refractivity contribution in [2.24, 2.45) is 5.73 Å². The van der Waals surface area contributed by atoms with Crippen LogP contribution in [0.1, 0.15) is 23.7 Å². The molecule has 0 radical (unpaired) electrons. The van der Waals surface area contributed by atoms with E-state index in [4.69, 9.17) is 10.5 Å². The number of halogens is 3. The lowest BCUT2D eigenvalue weighted by molar-refractivity contribution is 0.0997. The predicted molar refractivity (Wildman–Crippen MR) is 87.1 cm³/mol.